The Morgan fingerprint density at radius 3 is 2.64 bits per heavy atom. The summed E-state index contributed by atoms with van der Waals surface area (Å²) >= 11 is 0. The molecule has 2 aromatic carbocycles. The van der Waals surface area contributed by atoms with Crippen molar-refractivity contribution in [2.45, 2.75) is 19.4 Å². The number of fused-ring (bicyclic) bond motifs is 1. The smallest absolute Gasteiger partial charge is 0.252 e. The molecule has 1 fully saturated rings. The van der Waals surface area contributed by atoms with E-state index in [1.54, 1.807) is 4.90 Å². The van der Waals surface area contributed by atoms with Crippen LogP contribution in [0.3, 0.4) is 0 Å². The van der Waals surface area contributed by atoms with Crippen LogP contribution in [0.5, 0.6) is 0 Å². The molecule has 2 heterocycles. The molecule has 1 aromatic heterocycles. The first-order valence-electron chi connectivity index (χ1n) is 8.91. The van der Waals surface area contributed by atoms with Crippen molar-refractivity contribution >= 4 is 28.4 Å². The third-order valence-corrected chi connectivity index (χ3v) is 4.86. The average Bonchev–Trinajstić information content (AvgIpc) is 3.01. The first-order valence-corrected chi connectivity index (χ1v) is 8.91. The van der Waals surface area contributed by atoms with E-state index in [1.807, 2.05) is 31.2 Å². The number of carbonyl (C=O) groups is 2. The van der Waals surface area contributed by atoms with Crippen molar-refractivity contribution in [1.82, 2.24) is 10.3 Å². The lowest BCUT2D eigenvalue weighted by Crippen LogP contribution is -2.37. The number of aryl methyl sites for hydroxylation is 1. The molecular weight excluding hydrogens is 361 g/mol. The van der Waals surface area contributed by atoms with Gasteiger partial charge in [-0.15, -0.1) is 0 Å². The number of pyridine rings is 1. The molecule has 0 saturated carbocycles. The maximum absolute atomic E-state index is 13.4. The number of rotatable bonds is 3. The van der Waals surface area contributed by atoms with E-state index in [0.29, 0.717) is 11.9 Å². The molecule has 4 rings (SSSR count). The van der Waals surface area contributed by atoms with Gasteiger partial charge in [0.15, 0.2) is 0 Å². The van der Waals surface area contributed by atoms with Gasteiger partial charge in [-0.2, -0.15) is 0 Å². The van der Waals surface area contributed by atoms with E-state index >= 15 is 0 Å². The lowest BCUT2D eigenvalue weighted by molar-refractivity contribution is -0.117. The van der Waals surface area contributed by atoms with Crippen molar-refractivity contribution in [1.29, 1.82) is 0 Å². The highest BCUT2D eigenvalue weighted by Gasteiger charge is 2.32. The van der Waals surface area contributed by atoms with Gasteiger partial charge in [-0.3, -0.25) is 14.4 Å². The first-order chi connectivity index (χ1) is 13.4. The number of aromatic nitrogens is 1. The summed E-state index contributed by atoms with van der Waals surface area (Å²) in [5, 5.41) is 3.27. The molecule has 0 aliphatic carbocycles. The number of aromatic amines is 1. The van der Waals surface area contributed by atoms with Crippen LogP contribution < -0.4 is 15.8 Å². The van der Waals surface area contributed by atoms with Gasteiger partial charge in [0.05, 0.1) is 17.1 Å². The summed E-state index contributed by atoms with van der Waals surface area (Å²) in [4.78, 5) is 41.1. The Hall–Kier alpha value is -3.48. The van der Waals surface area contributed by atoms with Crippen molar-refractivity contribution in [2.75, 3.05) is 11.4 Å². The van der Waals surface area contributed by atoms with Crippen molar-refractivity contribution < 1.29 is 14.0 Å². The van der Waals surface area contributed by atoms with Crippen molar-refractivity contribution in [2.24, 2.45) is 0 Å². The van der Waals surface area contributed by atoms with E-state index in [4.69, 9.17) is 0 Å². The summed E-state index contributed by atoms with van der Waals surface area (Å²) in [6.07, 6.45) is 0.176. The second-order valence-electron chi connectivity index (χ2n) is 6.95. The predicted molar refractivity (Wildman–Crippen MR) is 104 cm³/mol. The van der Waals surface area contributed by atoms with E-state index < -0.39 is 17.3 Å². The molecule has 6 nitrogen and oxygen atoms in total. The minimum Gasteiger partial charge on any atom is -0.347 e. The molecule has 1 aliphatic heterocycles. The van der Waals surface area contributed by atoms with E-state index in [-0.39, 0.29) is 29.4 Å². The van der Waals surface area contributed by atoms with E-state index in [1.165, 1.54) is 24.3 Å². The van der Waals surface area contributed by atoms with Gasteiger partial charge in [0.2, 0.25) is 11.5 Å². The predicted octanol–water partition coefficient (Wildman–Crippen LogP) is 2.51. The second kappa shape index (κ2) is 6.92. The second-order valence-corrected chi connectivity index (χ2v) is 6.95. The van der Waals surface area contributed by atoms with Crippen LogP contribution in [0.25, 0.3) is 10.9 Å². The van der Waals surface area contributed by atoms with Crippen molar-refractivity contribution in [3.05, 3.63) is 75.8 Å². The summed E-state index contributed by atoms with van der Waals surface area (Å²) in [6.45, 7) is 2.32. The number of H-pyrrole nitrogens is 1. The van der Waals surface area contributed by atoms with Crippen molar-refractivity contribution in [3.8, 4) is 0 Å². The molecule has 1 unspecified atom stereocenters. The fourth-order valence-corrected chi connectivity index (χ4v) is 3.46. The minimum absolute atomic E-state index is 0.0769. The normalized spacial score (nSPS) is 16.6. The maximum Gasteiger partial charge on any atom is 0.252 e. The van der Waals surface area contributed by atoms with Crippen LogP contribution in [-0.4, -0.2) is 29.4 Å². The molecule has 1 atom stereocenters. The van der Waals surface area contributed by atoms with Gasteiger partial charge in [0.1, 0.15) is 5.82 Å². The Labute approximate surface area is 160 Å². The Morgan fingerprint density at radius 1 is 1.14 bits per heavy atom. The number of nitrogens with one attached hydrogen (secondary N) is 2. The number of halogens is 1. The quantitative estimate of drug-likeness (QED) is 0.734. The number of anilines is 1. The zero-order chi connectivity index (χ0) is 19.8. The first kappa shape index (κ1) is 17.9. The van der Waals surface area contributed by atoms with Crippen LogP contribution in [0.4, 0.5) is 10.1 Å². The Kier molecular flexibility index (Phi) is 4.43. The summed E-state index contributed by atoms with van der Waals surface area (Å²) in [5.74, 6) is -1.05. The van der Waals surface area contributed by atoms with Crippen LogP contribution in [0.1, 0.15) is 22.3 Å². The van der Waals surface area contributed by atoms with Crippen LogP contribution >= 0.6 is 0 Å². The summed E-state index contributed by atoms with van der Waals surface area (Å²) in [5.41, 5.74) is 1.79. The Balaban J connectivity index is 1.56. The molecule has 0 bridgehead atoms. The Morgan fingerprint density at radius 2 is 1.89 bits per heavy atom. The standard InChI is InChI=1S/C21H18FN3O3/c1-12-2-5-15(6-3-12)25-11-14(9-20(25)27)23-21(28)17-10-19(26)24-18-8-13(22)4-7-16(17)18/h2-8,10,14H,9,11H2,1H3,(H,23,28)(H,24,26). The molecule has 2 N–H and O–H groups in total. The maximum atomic E-state index is 13.4. The van der Waals surface area contributed by atoms with Crippen molar-refractivity contribution in [3.63, 3.8) is 0 Å². The lowest BCUT2D eigenvalue weighted by Gasteiger charge is -2.17. The summed E-state index contributed by atoms with van der Waals surface area (Å²) < 4.78 is 13.4. The van der Waals surface area contributed by atoms with E-state index in [2.05, 4.69) is 10.3 Å². The lowest BCUT2D eigenvalue weighted by atomic mass is 10.1. The monoisotopic (exact) mass is 379 g/mol. The van der Waals surface area contributed by atoms with Gasteiger partial charge in [-0.1, -0.05) is 17.7 Å². The van der Waals surface area contributed by atoms with Gasteiger partial charge < -0.3 is 15.2 Å². The fraction of sp³-hybridized carbons (Fsp3) is 0.190. The fourth-order valence-electron chi connectivity index (χ4n) is 3.46. The molecule has 3 aromatic rings. The number of hydrogen-bond donors (Lipinski definition) is 2. The van der Waals surface area contributed by atoms with Gasteiger partial charge in [0.25, 0.3) is 5.91 Å². The molecule has 142 valence electrons. The highest BCUT2D eigenvalue weighted by Crippen LogP contribution is 2.23. The van der Waals surface area contributed by atoms with Crippen LogP contribution in [0.15, 0.2) is 53.3 Å². The van der Waals surface area contributed by atoms with Gasteiger partial charge in [-0.25, -0.2) is 4.39 Å². The van der Waals surface area contributed by atoms with Crippen LogP contribution in [0.2, 0.25) is 0 Å². The molecule has 1 aliphatic rings. The highest BCUT2D eigenvalue weighted by molar-refractivity contribution is 6.06. The van der Waals surface area contributed by atoms with Gasteiger partial charge in [-0.05, 0) is 37.3 Å². The van der Waals surface area contributed by atoms with E-state index in [9.17, 15) is 18.8 Å². The molecule has 0 radical (unpaired) electrons. The largest absolute Gasteiger partial charge is 0.347 e. The molecule has 1 saturated heterocycles. The summed E-state index contributed by atoms with van der Waals surface area (Å²) in [6, 6.07) is 12.3. The molecule has 0 spiro atoms. The van der Waals surface area contributed by atoms with E-state index in [0.717, 1.165) is 11.3 Å². The third kappa shape index (κ3) is 3.38. The number of nitrogens with zero attached hydrogens (tertiary/aromatic N) is 1. The summed E-state index contributed by atoms with van der Waals surface area (Å²) in [7, 11) is 0. The average molecular weight is 379 g/mol. The molecular formula is C21H18FN3O3. The third-order valence-electron chi connectivity index (χ3n) is 4.86. The molecule has 2 amide bonds. The zero-order valence-electron chi connectivity index (χ0n) is 15.2. The SMILES string of the molecule is Cc1ccc(N2CC(NC(=O)c3cc(=O)[nH]c4cc(F)ccc34)CC2=O)cc1. The number of amides is 2. The topological polar surface area (TPSA) is 82.3 Å². The number of benzene rings is 2. The van der Waals surface area contributed by atoms with Crippen LogP contribution in [-0.2, 0) is 4.79 Å². The highest BCUT2D eigenvalue weighted by atomic mass is 19.1. The van der Waals surface area contributed by atoms with Gasteiger partial charge in [0, 0.05) is 30.1 Å². The Bertz CT molecular complexity index is 1140. The van der Waals surface area contributed by atoms with Gasteiger partial charge >= 0.3 is 0 Å². The number of hydrogen-bond acceptors (Lipinski definition) is 3. The zero-order valence-corrected chi connectivity index (χ0v) is 15.2. The molecule has 28 heavy (non-hydrogen) atoms. The van der Waals surface area contributed by atoms with Crippen LogP contribution in [0, 0.1) is 12.7 Å². The number of carbonyl (C=O) groups excluding carboxylic acids is 2. The molecule has 7 heteroatoms. The minimum atomic E-state index is -0.504.